The van der Waals surface area contributed by atoms with E-state index in [2.05, 4.69) is 34.5 Å². The Morgan fingerprint density at radius 3 is 2.24 bits per heavy atom. The van der Waals surface area contributed by atoms with E-state index in [9.17, 15) is 9.59 Å². The third-order valence-corrected chi connectivity index (χ3v) is 7.49. The molecule has 1 saturated heterocycles. The van der Waals surface area contributed by atoms with Gasteiger partial charge in [0.2, 0.25) is 0 Å². The number of methoxy groups -OCH3 is 1. The summed E-state index contributed by atoms with van der Waals surface area (Å²) in [6.45, 7) is 5.76. The van der Waals surface area contributed by atoms with Crippen LogP contribution in [0, 0.1) is 6.92 Å². The van der Waals surface area contributed by atoms with Gasteiger partial charge in [0.25, 0.3) is 0 Å². The number of carbonyl (C=O) groups is 2. The van der Waals surface area contributed by atoms with Gasteiger partial charge in [-0.2, -0.15) is 0 Å². The molecule has 1 heterocycles. The molecule has 1 N–H and O–H groups in total. The first-order valence-corrected chi connectivity index (χ1v) is 12.7. The van der Waals surface area contributed by atoms with Crippen LogP contribution in [0.5, 0.6) is 0 Å². The predicted octanol–water partition coefficient (Wildman–Crippen LogP) is 4.51. The molecule has 1 aliphatic heterocycles. The molecule has 0 aromatic heterocycles. The number of benzene rings is 3. The van der Waals surface area contributed by atoms with Crippen molar-refractivity contribution >= 4 is 23.4 Å². The lowest BCUT2D eigenvalue weighted by Crippen LogP contribution is -2.44. The zero-order valence-electron chi connectivity index (χ0n) is 21.6. The minimum Gasteiger partial charge on any atom is -0.469 e. The zero-order valence-corrected chi connectivity index (χ0v) is 21.6. The maximum atomic E-state index is 13.3. The molecular weight excluding hydrogens is 466 g/mol. The quantitative estimate of drug-likeness (QED) is 0.504. The highest BCUT2D eigenvalue weighted by molar-refractivity contribution is 5.89. The van der Waals surface area contributed by atoms with E-state index in [-0.39, 0.29) is 24.9 Å². The van der Waals surface area contributed by atoms with Crippen LogP contribution in [0.25, 0.3) is 11.1 Å². The largest absolute Gasteiger partial charge is 0.469 e. The molecule has 3 aromatic rings. The van der Waals surface area contributed by atoms with Crippen LogP contribution in [0.3, 0.4) is 0 Å². The topological polar surface area (TPSA) is 71.1 Å². The van der Waals surface area contributed by atoms with Crippen LogP contribution in [0.1, 0.15) is 28.2 Å². The zero-order chi connectivity index (χ0) is 25.9. The molecule has 37 heavy (non-hydrogen) atoms. The fourth-order valence-electron chi connectivity index (χ4n) is 5.38. The molecule has 0 radical (unpaired) electrons. The van der Waals surface area contributed by atoms with Gasteiger partial charge in [-0.1, -0.05) is 48.5 Å². The Kier molecular flexibility index (Phi) is 7.15. The van der Waals surface area contributed by atoms with Crippen LogP contribution >= 0.6 is 0 Å². The first kappa shape index (κ1) is 24.8. The van der Waals surface area contributed by atoms with Crippen molar-refractivity contribution in [1.82, 2.24) is 5.32 Å². The Balaban J connectivity index is 1.38. The van der Waals surface area contributed by atoms with Gasteiger partial charge in [-0.05, 0) is 52.4 Å². The number of hydrogen-bond donors (Lipinski definition) is 1. The van der Waals surface area contributed by atoms with Crippen molar-refractivity contribution in [2.45, 2.75) is 19.3 Å². The minimum atomic E-state index is -0.430. The summed E-state index contributed by atoms with van der Waals surface area (Å²) in [7, 11) is 3.11. The number of ether oxygens (including phenoxy) is 2. The Morgan fingerprint density at radius 2 is 1.62 bits per heavy atom. The molecule has 1 amide bonds. The normalized spacial score (nSPS) is 14.6. The van der Waals surface area contributed by atoms with Crippen LogP contribution in [0.15, 0.2) is 60.7 Å². The summed E-state index contributed by atoms with van der Waals surface area (Å²) in [5.74, 6) is -0.315. The van der Waals surface area contributed by atoms with E-state index in [1.54, 1.807) is 7.05 Å². The van der Waals surface area contributed by atoms with E-state index in [0.717, 1.165) is 43.0 Å². The molecule has 0 bridgehead atoms. The number of hydrogen-bond acceptors (Lipinski definition) is 6. The first-order valence-electron chi connectivity index (χ1n) is 12.7. The average molecular weight is 500 g/mol. The number of carbonyl (C=O) groups excluding carboxylic acids is 2. The second-order valence-electron chi connectivity index (χ2n) is 9.60. The third kappa shape index (κ3) is 4.91. The summed E-state index contributed by atoms with van der Waals surface area (Å²) in [5.41, 5.74) is 8.32. The Hall–Kier alpha value is -3.84. The second-order valence-corrected chi connectivity index (χ2v) is 9.60. The van der Waals surface area contributed by atoms with Gasteiger partial charge in [-0.3, -0.25) is 9.69 Å². The van der Waals surface area contributed by atoms with Crippen LogP contribution in [-0.2, 0) is 20.7 Å². The summed E-state index contributed by atoms with van der Waals surface area (Å²) in [4.78, 5) is 29.2. The van der Waals surface area contributed by atoms with Crippen molar-refractivity contribution in [3.63, 3.8) is 0 Å². The average Bonchev–Trinajstić information content (AvgIpc) is 3.26. The maximum Gasteiger partial charge on any atom is 0.414 e. The lowest BCUT2D eigenvalue weighted by atomic mass is 9.98. The van der Waals surface area contributed by atoms with Crippen LogP contribution in [-0.4, -0.2) is 59.0 Å². The number of amides is 1. The molecule has 7 nitrogen and oxygen atoms in total. The molecule has 2 aliphatic rings. The molecule has 192 valence electrons. The van der Waals surface area contributed by atoms with Crippen molar-refractivity contribution in [3.8, 4) is 11.1 Å². The van der Waals surface area contributed by atoms with Crippen molar-refractivity contribution in [3.05, 3.63) is 82.9 Å². The summed E-state index contributed by atoms with van der Waals surface area (Å²) >= 11 is 0. The Bertz CT molecular complexity index is 1270. The van der Waals surface area contributed by atoms with Crippen molar-refractivity contribution in [2.75, 3.05) is 56.7 Å². The first-order chi connectivity index (χ1) is 18.0. The molecule has 1 aliphatic carbocycles. The highest BCUT2D eigenvalue weighted by atomic mass is 16.6. The van der Waals surface area contributed by atoms with E-state index in [1.165, 1.54) is 34.3 Å². The summed E-state index contributed by atoms with van der Waals surface area (Å²) < 4.78 is 10.8. The van der Waals surface area contributed by atoms with Crippen molar-refractivity contribution in [2.24, 2.45) is 0 Å². The molecule has 0 atom stereocenters. The molecule has 1 fully saturated rings. The standard InChI is InChI=1S/C30H33N3O4/c1-20-21(17-29(34)36-3)16-22(18-28(20)33-14-12-31-13-15-33)32(2)30(35)37-19-27-25-10-6-4-8-23(25)24-9-5-7-11-26(24)27/h4-11,16,18,27,31H,12-15,17,19H2,1-3H3. The minimum absolute atomic E-state index is 0.00550. The third-order valence-electron chi connectivity index (χ3n) is 7.49. The summed E-state index contributed by atoms with van der Waals surface area (Å²) in [6.07, 6.45) is -0.283. The van der Waals surface area contributed by atoms with Gasteiger partial charge in [0.05, 0.1) is 13.5 Å². The van der Waals surface area contributed by atoms with E-state index in [4.69, 9.17) is 9.47 Å². The molecular formula is C30H33N3O4. The highest BCUT2D eigenvalue weighted by Crippen LogP contribution is 2.44. The van der Waals surface area contributed by atoms with Gasteiger partial charge in [0, 0.05) is 50.5 Å². The molecule has 0 spiro atoms. The van der Waals surface area contributed by atoms with Gasteiger partial charge in [-0.15, -0.1) is 0 Å². The lowest BCUT2D eigenvalue weighted by Gasteiger charge is -2.32. The number of esters is 1. The maximum absolute atomic E-state index is 13.3. The van der Waals surface area contributed by atoms with Crippen LogP contribution in [0.4, 0.5) is 16.2 Å². The SMILES string of the molecule is COC(=O)Cc1cc(N(C)C(=O)OCC2c3ccccc3-c3ccccc32)cc(N2CCNCC2)c1C. The van der Waals surface area contributed by atoms with E-state index in [1.807, 2.05) is 43.3 Å². The van der Waals surface area contributed by atoms with Gasteiger partial charge in [-0.25, -0.2) is 4.79 Å². The van der Waals surface area contributed by atoms with Crippen molar-refractivity contribution < 1.29 is 19.1 Å². The molecule has 3 aromatic carbocycles. The fourth-order valence-corrected chi connectivity index (χ4v) is 5.38. The number of nitrogens with zero attached hydrogens (tertiary/aromatic N) is 2. The van der Waals surface area contributed by atoms with Crippen molar-refractivity contribution in [1.29, 1.82) is 0 Å². The number of nitrogens with one attached hydrogen (secondary N) is 1. The number of anilines is 2. The number of rotatable bonds is 6. The van der Waals surface area contributed by atoms with Gasteiger partial charge >= 0.3 is 12.1 Å². The van der Waals surface area contributed by atoms with Gasteiger partial charge in [0.1, 0.15) is 6.61 Å². The van der Waals surface area contributed by atoms with E-state index < -0.39 is 6.09 Å². The van der Waals surface area contributed by atoms with Gasteiger partial charge < -0.3 is 19.7 Å². The Morgan fingerprint density at radius 1 is 1.00 bits per heavy atom. The van der Waals surface area contributed by atoms with Gasteiger partial charge in [0.15, 0.2) is 0 Å². The van der Waals surface area contributed by atoms with E-state index >= 15 is 0 Å². The molecule has 7 heteroatoms. The van der Waals surface area contributed by atoms with Crippen LogP contribution < -0.4 is 15.1 Å². The number of piperazine rings is 1. The summed E-state index contributed by atoms with van der Waals surface area (Å²) in [5, 5.41) is 3.37. The molecule has 5 rings (SSSR count). The molecule has 0 saturated carbocycles. The fraction of sp³-hybridized carbons (Fsp3) is 0.333. The molecule has 0 unspecified atom stereocenters. The van der Waals surface area contributed by atoms with E-state index in [0.29, 0.717) is 5.69 Å². The predicted molar refractivity (Wildman–Crippen MR) is 145 cm³/mol. The lowest BCUT2D eigenvalue weighted by molar-refractivity contribution is -0.139. The monoisotopic (exact) mass is 499 g/mol. The highest BCUT2D eigenvalue weighted by Gasteiger charge is 2.30. The smallest absolute Gasteiger partial charge is 0.414 e. The summed E-state index contributed by atoms with van der Waals surface area (Å²) in [6, 6.07) is 20.5. The second kappa shape index (κ2) is 10.6. The van der Waals surface area contributed by atoms with Crippen LogP contribution in [0.2, 0.25) is 0 Å². The Labute approximate surface area is 218 Å². The number of fused-ring (bicyclic) bond motifs is 3.